The molecule has 12 heavy (non-hydrogen) atoms. The molecular formula is C9H12BrNO. The fraction of sp³-hybridized carbons (Fsp3) is 0.444. The van der Waals surface area contributed by atoms with Crippen molar-refractivity contribution < 1.29 is 5.11 Å². The van der Waals surface area contributed by atoms with Crippen molar-refractivity contribution in [3.8, 4) is 0 Å². The fourth-order valence-corrected chi connectivity index (χ4v) is 1.15. The van der Waals surface area contributed by atoms with E-state index in [1.165, 1.54) is 0 Å². The topological polar surface area (TPSA) is 33.1 Å². The van der Waals surface area contributed by atoms with E-state index in [2.05, 4.69) is 20.9 Å². The van der Waals surface area contributed by atoms with Gasteiger partial charge in [-0.1, -0.05) is 0 Å². The third-order valence-electron chi connectivity index (χ3n) is 1.61. The van der Waals surface area contributed by atoms with Gasteiger partial charge in [0.1, 0.15) is 0 Å². The van der Waals surface area contributed by atoms with Gasteiger partial charge in [-0.25, -0.2) is 0 Å². The molecule has 0 saturated carbocycles. The number of aliphatic hydroxyl groups is 1. The monoisotopic (exact) mass is 229 g/mol. The van der Waals surface area contributed by atoms with Crippen LogP contribution in [0.1, 0.15) is 19.0 Å². The molecule has 1 N–H and O–H groups in total. The Bertz CT molecular complexity index is 233. The van der Waals surface area contributed by atoms with Crippen LogP contribution in [-0.2, 0) is 6.42 Å². The number of hydrogen-bond donors (Lipinski definition) is 1. The van der Waals surface area contributed by atoms with Gasteiger partial charge in [-0.05, 0) is 47.8 Å². The summed E-state index contributed by atoms with van der Waals surface area (Å²) in [6, 6.07) is 3.93. The summed E-state index contributed by atoms with van der Waals surface area (Å²) in [6.07, 6.45) is 3.15. The average molecular weight is 230 g/mol. The third-order valence-corrected chi connectivity index (χ3v) is 2.08. The van der Waals surface area contributed by atoms with Gasteiger partial charge in [0.2, 0.25) is 0 Å². The van der Waals surface area contributed by atoms with Crippen molar-refractivity contribution in [3.63, 3.8) is 0 Å². The molecule has 0 aliphatic rings. The first kappa shape index (κ1) is 9.68. The summed E-state index contributed by atoms with van der Waals surface area (Å²) in [5.41, 5.74) is 1.03. The minimum Gasteiger partial charge on any atom is -0.393 e. The first-order valence-electron chi connectivity index (χ1n) is 3.97. The maximum Gasteiger partial charge on any atom is 0.0515 e. The van der Waals surface area contributed by atoms with Crippen molar-refractivity contribution in [2.45, 2.75) is 25.9 Å². The second kappa shape index (κ2) is 4.58. The highest BCUT2D eigenvalue weighted by molar-refractivity contribution is 9.10. The molecule has 1 heterocycles. The van der Waals surface area contributed by atoms with Crippen LogP contribution in [0.5, 0.6) is 0 Å². The van der Waals surface area contributed by atoms with Crippen LogP contribution in [0.4, 0.5) is 0 Å². The Labute approximate surface area is 80.8 Å². The van der Waals surface area contributed by atoms with Crippen LogP contribution >= 0.6 is 15.9 Å². The lowest BCUT2D eigenvalue weighted by Gasteiger charge is -2.02. The number of aromatic nitrogens is 1. The zero-order valence-electron chi connectivity index (χ0n) is 7.00. The number of aliphatic hydroxyl groups excluding tert-OH is 1. The molecule has 2 nitrogen and oxygen atoms in total. The van der Waals surface area contributed by atoms with Crippen molar-refractivity contribution in [2.75, 3.05) is 0 Å². The molecule has 1 atom stereocenters. The molecule has 0 unspecified atom stereocenters. The van der Waals surface area contributed by atoms with Gasteiger partial charge in [0.05, 0.1) is 6.10 Å². The van der Waals surface area contributed by atoms with E-state index in [-0.39, 0.29) is 6.10 Å². The minimum absolute atomic E-state index is 0.240. The molecule has 0 aliphatic carbocycles. The SMILES string of the molecule is C[C@@H](O)CCc1ccc(Br)cn1. The largest absolute Gasteiger partial charge is 0.393 e. The van der Waals surface area contributed by atoms with Gasteiger partial charge in [-0.15, -0.1) is 0 Å². The van der Waals surface area contributed by atoms with Crippen LogP contribution in [0.3, 0.4) is 0 Å². The Balaban J connectivity index is 2.48. The standard InChI is InChI=1S/C9H12BrNO/c1-7(12)2-4-9-5-3-8(10)6-11-9/h3,5-7,12H,2,4H2,1H3/t7-/m1/s1. The summed E-state index contributed by atoms with van der Waals surface area (Å²) in [6.45, 7) is 1.79. The van der Waals surface area contributed by atoms with Crippen LogP contribution in [0, 0.1) is 0 Å². The predicted molar refractivity (Wildman–Crippen MR) is 51.9 cm³/mol. The summed E-state index contributed by atoms with van der Waals surface area (Å²) in [4.78, 5) is 4.19. The molecule has 0 bridgehead atoms. The third kappa shape index (κ3) is 3.32. The molecule has 3 heteroatoms. The highest BCUT2D eigenvalue weighted by atomic mass is 79.9. The molecular weight excluding hydrogens is 218 g/mol. The van der Waals surface area contributed by atoms with E-state index in [1.54, 1.807) is 13.1 Å². The summed E-state index contributed by atoms with van der Waals surface area (Å²) >= 11 is 3.31. The zero-order chi connectivity index (χ0) is 8.97. The van der Waals surface area contributed by atoms with Crippen LogP contribution < -0.4 is 0 Å². The first-order chi connectivity index (χ1) is 5.68. The predicted octanol–water partition coefficient (Wildman–Crippen LogP) is 2.16. The first-order valence-corrected chi connectivity index (χ1v) is 4.76. The second-order valence-electron chi connectivity index (χ2n) is 2.86. The molecule has 1 aromatic heterocycles. The van der Waals surface area contributed by atoms with Gasteiger partial charge in [0.15, 0.2) is 0 Å². The van der Waals surface area contributed by atoms with Gasteiger partial charge < -0.3 is 5.11 Å². The van der Waals surface area contributed by atoms with Crippen molar-refractivity contribution in [3.05, 3.63) is 28.5 Å². The number of hydrogen-bond acceptors (Lipinski definition) is 2. The lowest BCUT2D eigenvalue weighted by atomic mass is 10.1. The maximum absolute atomic E-state index is 9.03. The maximum atomic E-state index is 9.03. The molecule has 0 radical (unpaired) electrons. The molecule has 0 aromatic carbocycles. The van der Waals surface area contributed by atoms with Gasteiger partial charge >= 0.3 is 0 Å². The quantitative estimate of drug-likeness (QED) is 0.863. The van der Waals surface area contributed by atoms with E-state index in [9.17, 15) is 0 Å². The normalized spacial score (nSPS) is 12.9. The molecule has 1 rings (SSSR count). The summed E-state index contributed by atoms with van der Waals surface area (Å²) < 4.78 is 0.989. The van der Waals surface area contributed by atoms with E-state index in [0.717, 1.165) is 23.0 Å². The summed E-state index contributed by atoms with van der Waals surface area (Å²) in [5.74, 6) is 0. The van der Waals surface area contributed by atoms with E-state index < -0.39 is 0 Å². The summed E-state index contributed by atoms with van der Waals surface area (Å²) in [7, 11) is 0. The fourth-order valence-electron chi connectivity index (χ4n) is 0.911. The number of nitrogens with zero attached hydrogens (tertiary/aromatic N) is 1. The minimum atomic E-state index is -0.240. The lowest BCUT2D eigenvalue weighted by Crippen LogP contribution is -2.02. The number of aryl methyl sites for hydroxylation is 1. The van der Waals surface area contributed by atoms with E-state index in [1.807, 2.05) is 12.1 Å². The molecule has 0 saturated heterocycles. The molecule has 66 valence electrons. The van der Waals surface area contributed by atoms with Crippen molar-refractivity contribution in [1.29, 1.82) is 0 Å². The molecule has 1 aromatic rings. The van der Waals surface area contributed by atoms with Gasteiger partial charge in [0, 0.05) is 16.4 Å². The smallest absolute Gasteiger partial charge is 0.0515 e. The zero-order valence-corrected chi connectivity index (χ0v) is 8.58. The van der Waals surface area contributed by atoms with E-state index >= 15 is 0 Å². The van der Waals surface area contributed by atoms with Crippen molar-refractivity contribution in [1.82, 2.24) is 4.98 Å². The lowest BCUT2D eigenvalue weighted by molar-refractivity contribution is 0.184. The van der Waals surface area contributed by atoms with Crippen LogP contribution in [0.15, 0.2) is 22.8 Å². The van der Waals surface area contributed by atoms with Crippen LogP contribution in [0.25, 0.3) is 0 Å². The highest BCUT2D eigenvalue weighted by Crippen LogP contribution is 2.09. The highest BCUT2D eigenvalue weighted by Gasteiger charge is 1.98. The van der Waals surface area contributed by atoms with Crippen molar-refractivity contribution >= 4 is 15.9 Å². The van der Waals surface area contributed by atoms with Gasteiger partial charge in [0.25, 0.3) is 0 Å². The average Bonchev–Trinajstić information content (AvgIpc) is 2.03. The van der Waals surface area contributed by atoms with E-state index in [0.29, 0.717) is 0 Å². The van der Waals surface area contributed by atoms with Crippen molar-refractivity contribution in [2.24, 2.45) is 0 Å². The molecule has 0 amide bonds. The number of rotatable bonds is 3. The van der Waals surface area contributed by atoms with Gasteiger partial charge in [-0.3, -0.25) is 4.98 Å². The Kier molecular flexibility index (Phi) is 3.69. The van der Waals surface area contributed by atoms with Crippen LogP contribution in [0.2, 0.25) is 0 Å². The Morgan fingerprint density at radius 3 is 2.83 bits per heavy atom. The second-order valence-corrected chi connectivity index (χ2v) is 3.77. The van der Waals surface area contributed by atoms with E-state index in [4.69, 9.17) is 5.11 Å². The molecule has 0 aliphatic heterocycles. The van der Waals surface area contributed by atoms with Crippen LogP contribution in [-0.4, -0.2) is 16.2 Å². The van der Waals surface area contributed by atoms with Gasteiger partial charge in [-0.2, -0.15) is 0 Å². The molecule has 0 fully saturated rings. The Hall–Kier alpha value is -0.410. The number of pyridine rings is 1. The number of halogens is 1. The Morgan fingerprint density at radius 1 is 1.58 bits per heavy atom. The molecule has 0 spiro atoms. The summed E-state index contributed by atoms with van der Waals surface area (Å²) in [5, 5.41) is 9.03. The Morgan fingerprint density at radius 2 is 2.33 bits per heavy atom.